The lowest BCUT2D eigenvalue weighted by atomic mass is 9.81. The van der Waals surface area contributed by atoms with Crippen LogP contribution in [0.4, 0.5) is 0 Å². The maximum absolute atomic E-state index is 5.66. The molecule has 63 valence electrons. The van der Waals surface area contributed by atoms with Crippen molar-refractivity contribution in [3.8, 4) is 0 Å². The molecule has 0 aromatic carbocycles. The Labute approximate surface area is 69.1 Å². The fraction of sp³-hybridized carbons (Fsp3) is 0.900. The standard InChI is InChI=1S/C10H17O/c1-10(6-2-3-7-10)9-5-4-8-11-9/h2-8H2,1H3. The third kappa shape index (κ3) is 1.31. The van der Waals surface area contributed by atoms with Crippen LogP contribution < -0.4 is 0 Å². The Hall–Kier alpha value is -0.0400. The van der Waals surface area contributed by atoms with Gasteiger partial charge >= 0.3 is 0 Å². The number of rotatable bonds is 1. The molecule has 1 saturated carbocycles. The maximum atomic E-state index is 5.66. The molecule has 1 heteroatoms. The van der Waals surface area contributed by atoms with E-state index >= 15 is 0 Å². The van der Waals surface area contributed by atoms with Crippen molar-refractivity contribution in [2.45, 2.75) is 45.4 Å². The van der Waals surface area contributed by atoms with Crippen molar-refractivity contribution in [3.05, 3.63) is 6.10 Å². The zero-order valence-electron chi connectivity index (χ0n) is 7.36. The van der Waals surface area contributed by atoms with Gasteiger partial charge in [-0.2, -0.15) is 0 Å². The molecule has 0 spiro atoms. The molecule has 2 aliphatic rings. The van der Waals surface area contributed by atoms with Crippen LogP contribution in [0.2, 0.25) is 0 Å². The second-order valence-corrected chi connectivity index (χ2v) is 4.14. The molecule has 0 bridgehead atoms. The van der Waals surface area contributed by atoms with E-state index in [-0.39, 0.29) is 0 Å². The zero-order chi connectivity index (χ0) is 7.73. The quantitative estimate of drug-likeness (QED) is 0.563. The summed E-state index contributed by atoms with van der Waals surface area (Å²) in [5, 5.41) is 0. The van der Waals surface area contributed by atoms with Crippen molar-refractivity contribution in [1.29, 1.82) is 0 Å². The predicted molar refractivity (Wildman–Crippen MR) is 45.0 cm³/mol. The van der Waals surface area contributed by atoms with Crippen LogP contribution in [0, 0.1) is 11.5 Å². The molecular weight excluding hydrogens is 136 g/mol. The molecule has 1 heterocycles. The lowest BCUT2D eigenvalue weighted by molar-refractivity contribution is 0.104. The van der Waals surface area contributed by atoms with E-state index in [9.17, 15) is 0 Å². The highest BCUT2D eigenvalue weighted by Gasteiger charge is 2.40. The van der Waals surface area contributed by atoms with E-state index in [0.717, 1.165) is 6.61 Å². The Balaban J connectivity index is 2.00. The minimum Gasteiger partial charge on any atom is -0.371 e. The number of hydrogen-bond donors (Lipinski definition) is 0. The van der Waals surface area contributed by atoms with Crippen LogP contribution in [0.25, 0.3) is 0 Å². The van der Waals surface area contributed by atoms with E-state index in [1.165, 1.54) is 44.6 Å². The van der Waals surface area contributed by atoms with Crippen molar-refractivity contribution >= 4 is 0 Å². The highest BCUT2D eigenvalue weighted by molar-refractivity contribution is 5.02. The summed E-state index contributed by atoms with van der Waals surface area (Å²) in [4.78, 5) is 0. The predicted octanol–water partition coefficient (Wildman–Crippen LogP) is 2.91. The van der Waals surface area contributed by atoms with E-state index in [4.69, 9.17) is 4.74 Å². The fourth-order valence-corrected chi connectivity index (χ4v) is 2.41. The lowest BCUT2D eigenvalue weighted by Gasteiger charge is -2.28. The molecule has 2 rings (SSSR count). The van der Waals surface area contributed by atoms with Crippen molar-refractivity contribution in [3.63, 3.8) is 0 Å². The summed E-state index contributed by atoms with van der Waals surface area (Å²) in [7, 11) is 0. The largest absolute Gasteiger partial charge is 0.371 e. The van der Waals surface area contributed by atoms with Crippen LogP contribution in [0.15, 0.2) is 0 Å². The molecule has 0 unspecified atom stereocenters. The van der Waals surface area contributed by atoms with Crippen LogP contribution in [-0.2, 0) is 4.74 Å². The van der Waals surface area contributed by atoms with Crippen LogP contribution in [-0.4, -0.2) is 6.61 Å². The molecule has 0 amide bonds. The van der Waals surface area contributed by atoms with Gasteiger partial charge in [0.1, 0.15) is 6.10 Å². The highest BCUT2D eigenvalue weighted by atomic mass is 16.5. The van der Waals surface area contributed by atoms with Gasteiger partial charge in [0.25, 0.3) is 0 Å². The minimum atomic E-state index is 0.469. The van der Waals surface area contributed by atoms with E-state index in [1.807, 2.05) is 0 Å². The van der Waals surface area contributed by atoms with Gasteiger partial charge in [0.15, 0.2) is 0 Å². The first-order valence-corrected chi connectivity index (χ1v) is 4.80. The van der Waals surface area contributed by atoms with Gasteiger partial charge in [0.2, 0.25) is 0 Å². The van der Waals surface area contributed by atoms with Gasteiger partial charge in [-0.1, -0.05) is 19.8 Å². The van der Waals surface area contributed by atoms with Gasteiger partial charge in [0.05, 0.1) is 0 Å². The smallest absolute Gasteiger partial charge is 0.103 e. The van der Waals surface area contributed by atoms with E-state index in [2.05, 4.69) is 6.92 Å². The Bertz CT molecular complexity index is 130. The van der Waals surface area contributed by atoms with Crippen molar-refractivity contribution in [2.24, 2.45) is 5.41 Å². The van der Waals surface area contributed by atoms with Gasteiger partial charge in [-0.3, -0.25) is 0 Å². The number of ether oxygens (including phenoxy) is 1. The second kappa shape index (κ2) is 2.78. The Morgan fingerprint density at radius 1 is 1.18 bits per heavy atom. The average Bonchev–Trinajstić information content (AvgIpc) is 2.55. The SMILES string of the molecule is CC1([C]2CCCO2)CCCC1. The second-order valence-electron chi connectivity index (χ2n) is 4.14. The fourth-order valence-electron chi connectivity index (χ4n) is 2.41. The van der Waals surface area contributed by atoms with Crippen LogP contribution in [0.3, 0.4) is 0 Å². The molecule has 0 aromatic rings. The molecule has 1 aliphatic carbocycles. The summed E-state index contributed by atoms with van der Waals surface area (Å²) in [5.74, 6) is 0. The molecule has 1 radical (unpaired) electrons. The first kappa shape index (κ1) is 7.60. The van der Waals surface area contributed by atoms with Gasteiger partial charge < -0.3 is 4.74 Å². The summed E-state index contributed by atoms with van der Waals surface area (Å²) in [6, 6.07) is 0. The van der Waals surface area contributed by atoms with Crippen molar-refractivity contribution in [2.75, 3.05) is 6.61 Å². The molecule has 1 nitrogen and oxygen atoms in total. The Morgan fingerprint density at radius 2 is 1.91 bits per heavy atom. The van der Waals surface area contributed by atoms with Crippen LogP contribution in [0.1, 0.15) is 45.4 Å². The minimum absolute atomic E-state index is 0.469. The third-order valence-electron chi connectivity index (χ3n) is 3.20. The van der Waals surface area contributed by atoms with Gasteiger partial charge in [0, 0.05) is 6.61 Å². The molecule has 0 atom stereocenters. The zero-order valence-corrected chi connectivity index (χ0v) is 7.36. The van der Waals surface area contributed by atoms with Gasteiger partial charge in [-0.15, -0.1) is 0 Å². The monoisotopic (exact) mass is 153 g/mol. The molecule has 2 fully saturated rings. The maximum Gasteiger partial charge on any atom is 0.103 e. The number of hydrogen-bond acceptors (Lipinski definition) is 1. The van der Waals surface area contributed by atoms with Crippen LogP contribution in [0.5, 0.6) is 0 Å². The molecule has 1 aliphatic heterocycles. The average molecular weight is 153 g/mol. The van der Waals surface area contributed by atoms with Crippen molar-refractivity contribution in [1.82, 2.24) is 0 Å². The molecule has 0 aromatic heterocycles. The summed E-state index contributed by atoms with van der Waals surface area (Å²) < 4.78 is 5.66. The molecule has 0 N–H and O–H groups in total. The van der Waals surface area contributed by atoms with Crippen molar-refractivity contribution < 1.29 is 4.74 Å². The Kier molecular flexibility index (Phi) is 1.92. The lowest BCUT2D eigenvalue weighted by Crippen LogP contribution is -2.21. The topological polar surface area (TPSA) is 9.23 Å². The first-order chi connectivity index (χ1) is 5.31. The normalized spacial score (nSPS) is 31.4. The highest BCUT2D eigenvalue weighted by Crippen LogP contribution is 2.49. The van der Waals surface area contributed by atoms with Crippen LogP contribution >= 0.6 is 0 Å². The van der Waals surface area contributed by atoms with E-state index in [1.54, 1.807) is 0 Å². The third-order valence-corrected chi connectivity index (χ3v) is 3.20. The summed E-state index contributed by atoms with van der Waals surface area (Å²) in [5.41, 5.74) is 0.469. The van der Waals surface area contributed by atoms with E-state index < -0.39 is 0 Å². The van der Waals surface area contributed by atoms with Gasteiger partial charge in [-0.25, -0.2) is 0 Å². The summed E-state index contributed by atoms with van der Waals surface area (Å²) >= 11 is 0. The summed E-state index contributed by atoms with van der Waals surface area (Å²) in [6.45, 7) is 3.35. The molecule has 11 heavy (non-hydrogen) atoms. The summed E-state index contributed by atoms with van der Waals surface area (Å²) in [6.07, 6.45) is 9.44. The first-order valence-electron chi connectivity index (χ1n) is 4.80. The van der Waals surface area contributed by atoms with Gasteiger partial charge in [-0.05, 0) is 31.1 Å². The molecular formula is C10H17O. The Morgan fingerprint density at radius 3 is 2.45 bits per heavy atom. The van der Waals surface area contributed by atoms with E-state index in [0.29, 0.717) is 5.41 Å². The molecule has 1 saturated heterocycles.